The zero-order valence-corrected chi connectivity index (χ0v) is 17.5. The molecule has 0 saturated carbocycles. The number of nitro benzene ring substituents is 1. The summed E-state index contributed by atoms with van der Waals surface area (Å²) in [6.45, 7) is 0. The zero-order valence-electron chi connectivity index (χ0n) is 16.0. The normalized spacial score (nSPS) is 10.9. The van der Waals surface area contributed by atoms with Crippen LogP contribution in [-0.2, 0) is 11.2 Å². The van der Waals surface area contributed by atoms with E-state index in [1.807, 2.05) is 30.3 Å². The number of anilines is 1. The predicted octanol–water partition coefficient (Wildman–Crippen LogP) is 6.04. The van der Waals surface area contributed by atoms with Gasteiger partial charge in [0, 0.05) is 27.9 Å². The van der Waals surface area contributed by atoms with E-state index in [1.54, 1.807) is 18.2 Å². The van der Waals surface area contributed by atoms with Crippen LogP contribution >= 0.6 is 23.2 Å². The van der Waals surface area contributed by atoms with Gasteiger partial charge in [-0.05, 0) is 53.5 Å². The third kappa shape index (κ3) is 5.70. The van der Waals surface area contributed by atoms with Gasteiger partial charge >= 0.3 is 0 Å². The highest BCUT2D eigenvalue weighted by atomic mass is 35.5. The fourth-order valence-corrected chi connectivity index (χ4v) is 3.29. The first kappa shape index (κ1) is 22.0. The quantitative estimate of drug-likeness (QED) is 0.214. The standard InChI is InChI=1S/C23H15Cl2N3O3/c24-19-9-8-15(10-16-4-1-2-7-22(16)25)17(12-19)11-18(14-26)23(29)27-20-5-3-6-21(13-20)28(30)31/h1-9,11-13H,10H2,(H,27,29)/b18-11+. The maximum Gasteiger partial charge on any atom is 0.271 e. The zero-order chi connectivity index (χ0) is 22.4. The van der Waals surface area contributed by atoms with Gasteiger partial charge in [-0.2, -0.15) is 5.26 Å². The molecule has 154 valence electrons. The summed E-state index contributed by atoms with van der Waals surface area (Å²) in [5, 5.41) is 24.0. The van der Waals surface area contributed by atoms with E-state index in [4.69, 9.17) is 23.2 Å². The van der Waals surface area contributed by atoms with Gasteiger partial charge in [-0.1, -0.05) is 53.5 Å². The Kier molecular flexibility index (Phi) is 7.03. The number of carbonyl (C=O) groups excluding carboxylic acids is 1. The molecule has 3 rings (SSSR count). The highest BCUT2D eigenvalue weighted by Crippen LogP contribution is 2.25. The van der Waals surface area contributed by atoms with Crippen molar-refractivity contribution in [1.82, 2.24) is 0 Å². The first-order valence-corrected chi connectivity index (χ1v) is 9.82. The van der Waals surface area contributed by atoms with E-state index < -0.39 is 10.8 Å². The number of hydrogen-bond donors (Lipinski definition) is 1. The third-order valence-corrected chi connectivity index (χ3v) is 5.03. The van der Waals surface area contributed by atoms with Crippen LogP contribution in [-0.4, -0.2) is 10.8 Å². The van der Waals surface area contributed by atoms with E-state index in [-0.39, 0.29) is 16.9 Å². The minimum absolute atomic E-state index is 0.169. The summed E-state index contributed by atoms with van der Waals surface area (Å²) in [7, 11) is 0. The van der Waals surface area contributed by atoms with Gasteiger partial charge in [-0.15, -0.1) is 0 Å². The van der Waals surface area contributed by atoms with Crippen molar-refractivity contribution in [3.05, 3.63) is 109 Å². The van der Waals surface area contributed by atoms with Crippen LogP contribution < -0.4 is 5.32 Å². The molecule has 0 unspecified atom stereocenters. The fraction of sp³-hybridized carbons (Fsp3) is 0.0435. The Morgan fingerprint density at radius 3 is 2.55 bits per heavy atom. The molecule has 0 heterocycles. The van der Waals surface area contributed by atoms with E-state index >= 15 is 0 Å². The summed E-state index contributed by atoms with van der Waals surface area (Å²) < 4.78 is 0. The molecule has 1 N–H and O–H groups in total. The summed E-state index contributed by atoms with van der Waals surface area (Å²) >= 11 is 12.4. The first-order valence-electron chi connectivity index (χ1n) is 9.07. The number of rotatable bonds is 6. The van der Waals surface area contributed by atoms with Crippen LogP contribution in [0.15, 0.2) is 72.3 Å². The number of amides is 1. The largest absolute Gasteiger partial charge is 0.321 e. The molecule has 0 aliphatic rings. The maximum atomic E-state index is 12.6. The Labute approximate surface area is 188 Å². The highest BCUT2D eigenvalue weighted by molar-refractivity contribution is 6.31. The molecule has 0 saturated heterocycles. The van der Waals surface area contributed by atoms with Gasteiger partial charge in [0.15, 0.2) is 0 Å². The molecule has 0 atom stereocenters. The lowest BCUT2D eigenvalue weighted by Crippen LogP contribution is -2.13. The number of nitriles is 1. The Hall–Kier alpha value is -3.66. The lowest BCUT2D eigenvalue weighted by atomic mass is 9.98. The molecule has 31 heavy (non-hydrogen) atoms. The van der Waals surface area contributed by atoms with Crippen LogP contribution in [0.25, 0.3) is 6.08 Å². The molecule has 0 aliphatic heterocycles. The third-order valence-electron chi connectivity index (χ3n) is 4.43. The van der Waals surface area contributed by atoms with Gasteiger partial charge < -0.3 is 5.32 Å². The predicted molar refractivity (Wildman–Crippen MR) is 121 cm³/mol. The molecule has 8 heteroatoms. The van der Waals surface area contributed by atoms with Crippen molar-refractivity contribution < 1.29 is 9.72 Å². The Morgan fingerprint density at radius 2 is 1.84 bits per heavy atom. The monoisotopic (exact) mass is 451 g/mol. The number of halogens is 2. The summed E-state index contributed by atoms with van der Waals surface area (Å²) in [4.78, 5) is 23.0. The summed E-state index contributed by atoms with van der Waals surface area (Å²) in [5.74, 6) is -0.688. The number of hydrogen-bond acceptors (Lipinski definition) is 4. The smallest absolute Gasteiger partial charge is 0.271 e. The molecule has 0 aromatic heterocycles. The lowest BCUT2D eigenvalue weighted by molar-refractivity contribution is -0.384. The number of non-ortho nitro benzene ring substituents is 1. The minimum atomic E-state index is -0.688. The molecular formula is C23H15Cl2N3O3. The Bertz CT molecular complexity index is 1230. The van der Waals surface area contributed by atoms with Crippen LogP contribution in [0.4, 0.5) is 11.4 Å². The van der Waals surface area contributed by atoms with Crippen molar-refractivity contribution in [1.29, 1.82) is 5.26 Å². The molecule has 0 aliphatic carbocycles. The van der Waals surface area contributed by atoms with E-state index in [0.717, 1.165) is 11.1 Å². The van der Waals surface area contributed by atoms with Gasteiger partial charge in [0.05, 0.1) is 4.92 Å². The van der Waals surface area contributed by atoms with Crippen molar-refractivity contribution in [2.24, 2.45) is 0 Å². The molecular weight excluding hydrogens is 437 g/mol. The van der Waals surface area contributed by atoms with Crippen LogP contribution in [0.3, 0.4) is 0 Å². The molecule has 3 aromatic rings. The number of nitrogens with one attached hydrogen (secondary N) is 1. The van der Waals surface area contributed by atoms with Crippen LogP contribution in [0.1, 0.15) is 16.7 Å². The minimum Gasteiger partial charge on any atom is -0.321 e. The van der Waals surface area contributed by atoms with Gasteiger partial charge in [-0.25, -0.2) is 0 Å². The van der Waals surface area contributed by atoms with Crippen molar-refractivity contribution in [3.8, 4) is 6.07 Å². The fourth-order valence-electron chi connectivity index (χ4n) is 2.91. The first-order chi connectivity index (χ1) is 14.9. The van der Waals surface area contributed by atoms with E-state index in [0.29, 0.717) is 22.0 Å². The van der Waals surface area contributed by atoms with Gasteiger partial charge in [-0.3, -0.25) is 14.9 Å². The van der Waals surface area contributed by atoms with Gasteiger partial charge in [0.1, 0.15) is 11.6 Å². The summed E-state index contributed by atoms with van der Waals surface area (Å²) in [5.41, 5.74) is 2.18. The maximum absolute atomic E-state index is 12.6. The van der Waals surface area contributed by atoms with E-state index in [1.165, 1.54) is 30.3 Å². The van der Waals surface area contributed by atoms with Gasteiger partial charge in [0.2, 0.25) is 0 Å². The van der Waals surface area contributed by atoms with Gasteiger partial charge in [0.25, 0.3) is 11.6 Å². The van der Waals surface area contributed by atoms with E-state index in [2.05, 4.69) is 5.32 Å². The Morgan fingerprint density at radius 1 is 1.06 bits per heavy atom. The summed E-state index contributed by atoms with van der Waals surface area (Å²) in [6.07, 6.45) is 1.92. The molecule has 0 bridgehead atoms. The SMILES string of the molecule is N#C/C(=C\c1cc(Cl)ccc1Cc1ccccc1Cl)C(=O)Nc1cccc([N+](=O)[O-])c1. The second-order valence-corrected chi connectivity index (χ2v) is 7.39. The second-order valence-electron chi connectivity index (χ2n) is 6.54. The van der Waals surface area contributed by atoms with Crippen molar-refractivity contribution in [3.63, 3.8) is 0 Å². The van der Waals surface area contributed by atoms with Crippen LogP contribution in [0.5, 0.6) is 0 Å². The number of benzene rings is 3. The van der Waals surface area contributed by atoms with E-state index in [9.17, 15) is 20.2 Å². The van der Waals surface area contributed by atoms with Crippen LogP contribution in [0, 0.1) is 21.4 Å². The van der Waals surface area contributed by atoms with Crippen molar-refractivity contribution >= 4 is 46.6 Å². The number of nitrogens with zero attached hydrogens (tertiary/aromatic N) is 2. The number of carbonyl (C=O) groups is 1. The molecule has 0 fully saturated rings. The topological polar surface area (TPSA) is 96.0 Å². The Balaban J connectivity index is 1.91. The molecule has 6 nitrogen and oxygen atoms in total. The van der Waals surface area contributed by atoms with Crippen molar-refractivity contribution in [2.45, 2.75) is 6.42 Å². The average Bonchev–Trinajstić information content (AvgIpc) is 2.75. The molecule has 0 radical (unpaired) electrons. The molecule has 0 spiro atoms. The number of nitro groups is 1. The molecule has 3 aromatic carbocycles. The van der Waals surface area contributed by atoms with Crippen LogP contribution in [0.2, 0.25) is 10.0 Å². The lowest BCUT2D eigenvalue weighted by Gasteiger charge is -2.10. The summed E-state index contributed by atoms with van der Waals surface area (Å²) in [6, 6.07) is 19.9. The average molecular weight is 452 g/mol. The highest BCUT2D eigenvalue weighted by Gasteiger charge is 2.14. The molecule has 1 amide bonds. The second kappa shape index (κ2) is 9.90. The van der Waals surface area contributed by atoms with Crippen molar-refractivity contribution in [2.75, 3.05) is 5.32 Å².